The topological polar surface area (TPSA) is 47.6 Å². The molecule has 0 unspecified atom stereocenters. The molecule has 0 bridgehead atoms. The van der Waals surface area contributed by atoms with E-state index in [1.165, 1.54) is 24.9 Å². The summed E-state index contributed by atoms with van der Waals surface area (Å²) in [5.41, 5.74) is 1.96. The third-order valence-electron chi connectivity index (χ3n) is 3.60. The Labute approximate surface area is 166 Å². The van der Waals surface area contributed by atoms with Crippen LogP contribution in [0.15, 0.2) is 42.5 Å². The van der Waals surface area contributed by atoms with Gasteiger partial charge in [0.2, 0.25) is 5.91 Å². The Morgan fingerprint density at radius 3 is 2.52 bits per heavy atom. The fraction of sp³-hybridized carbons (Fsp3) is 0.316. The molecule has 0 radical (unpaired) electrons. The van der Waals surface area contributed by atoms with E-state index in [-0.39, 0.29) is 17.4 Å². The number of hydrogen-bond donors (Lipinski definition) is 1. The van der Waals surface area contributed by atoms with Crippen LogP contribution >= 0.6 is 23.4 Å². The van der Waals surface area contributed by atoms with Gasteiger partial charge in [-0.25, -0.2) is 0 Å². The van der Waals surface area contributed by atoms with Gasteiger partial charge in [0.15, 0.2) is 11.5 Å². The van der Waals surface area contributed by atoms with Crippen molar-refractivity contribution < 1.29 is 23.0 Å². The number of rotatable bonds is 10. The van der Waals surface area contributed by atoms with Crippen LogP contribution in [-0.4, -0.2) is 31.9 Å². The molecule has 0 aliphatic rings. The van der Waals surface area contributed by atoms with Crippen LogP contribution in [0.25, 0.3) is 0 Å². The van der Waals surface area contributed by atoms with Gasteiger partial charge in [-0.2, -0.15) is 8.78 Å². The van der Waals surface area contributed by atoms with Crippen molar-refractivity contribution >= 4 is 29.3 Å². The molecule has 0 spiro atoms. The fourth-order valence-corrected chi connectivity index (χ4v) is 3.24. The van der Waals surface area contributed by atoms with Crippen LogP contribution in [0.2, 0.25) is 5.02 Å². The minimum absolute atomic E-state index is 0.0128. The van der Waals surface area contributed by atoms with E-state index >= 15 is 0 Å². The average Bonchev–Trinajstić information content (AvgIpc) is 2.64. The summed E-state index contributed by atoms with van der Waals surface area (Å²) in [6.45, 7) is -2.36. The fourth-order valence-electron chi connectivity index (χ4n) is 2.31. The van der Waals surface area contributed by atoms with Gasteiger partial charge in [0.1, 0.15) is 0 Å². The van der Waals surface area contributed by atoms with Crippen molar-refractivity contribution in [1.29, 1.82) is 0 Å². The van der Waals surface area contributed by atoms with E-state index in [2.05, 4.69) is 10.1 Å². The lowest BCUT2D eigenvalue weighted by atomic mass is 10.1. The molecule has 0 saturated carbocycles. The Morgan fingerprint density at radius 2 is 1.85 bits per heavy atom. The summed E-state index contributed by atoms with van der Waals surface area (Å²) < 4.78 is 34.1. The minimum atomic E-state index is -2.91. The van der Waals surface area contributed by atoms with Gasteiger partial charge in [-0.3, -0.25) is 4.79 Å². The molecule has 0 saturated heterocycles. The molecule has 2 aromatic rings. The second kappa shape index (κ2) is 11.0. The number of amides is 1. The van der Waals surface area contributed by atoms with Crippen LogP contribution in [0.1, 0.15) is 11.1 Å². The minimum Gasteiger partial charge on any atom is -0.493 e. The molecule has 1 N–H and O–H groups in total. The highest BCUT2D eigenvalue weighted by Gasteiger charge is 2.11. The maximum Gasteiger partial charge on any atom is 0.387 e. The Hall–Kier alpha value is -1.99. The van der Waals surface area contributed by atoms with Gasteiger partial charge in [0.05, 0.1) is 12.9 Å². The second-order valence-corrected chi connectivity index (χ2v) is 7.00. The van der Waals surface area contributed by atoms with Crippen LogP contribution in [0.4, 0.5) is 8.78 Å². The van der Waals surface area contributed by atoms with Gasteiger partial charge in [0, 0.05) is 17.3 Å². The Morgan fingerprint density at radius 1 is 1.15 bits per heavy atom. The van der Waals surface area contributed by atoms with Gasteiger partial charge in [-0.05, 0) is 41.8 Å². The first-order valence-electron chi connectivity index (χ1n) is 8.18. The number of halogens is 3. The molecule has 0 atom stereocenters. The van der Waals surface area contributed by atoms with E-state index in [9.17, 15) is 13.6 Å². The van der Waals surface area contributed by atoms with Gasteiger partial charge in [-0.1, -0.05) is 29.8 Å². The molecule has 27 heavy (non-hydrogen) atoms. The molecule has 0 aliphatic heterocycles. The SMILES string of the molecule is COc1cc(CSCC(=O)NCCc2ccc(Cl)cc2)ccc1OC(F)F. The molecule has 2 rings (SSSR count). The number of alkyl halides is 2. The van der Waals surface area contributed by atoms with Crippen molar-refractivity contribution in [3.05, 3.63) is 58.6 Å². The van der Waals surface area contributed by atoms with Crippen molar-refractivity contribution in [2.45, 2.75) is 18.8 Å². The van der Waals surface area contributed by atoms with E-state index in [0.717, 1.165) is 17.5 Å². The molecule has 0 aromatic heterocycles. The lowest BCUT2D eigenvalue weighted by Gasteiger charge is -2.11. The number of thioether (sulfide) groups is 1. The Balaban J connectivity index is 1.71. The number of methoxy groups -OCH3 is 1. The molecular formula is C19H20ClF2NO3S. The number of carbonyl (C=O) groups excluding carboxylic acids is 1. The van der Waals surface area contributed by atoms with Gasteiger partial charge < -0.3 is 14.8 Å². The van der Waals surface area contributed by atoms with Crippen LogP contribution in [-0.2, 0) is 17.0 Å². The summed E-state index contributed by atoms with van der Waals surface area (Å²) >= 11 is 7.26. The summed E-state index contributed by atoms with van der Waals surface area (Å²) in [4.78, 5) is 11.9. The number of ether oxygens (including phenoxy) is 2. The molecule has 8 heteroatoms. The first-order chi connectivity index (χ1) is 13.0. The smallest absolute Gasteiger partial charge is 0.387 e. The van der Waals surface area contributed by atoms with Gasteiger partial charge in [0.25, 0.3) is 0 Å². The highest BCUT2D eigenvalue weighted by atomic mass is 35.5. The van der Waals surface area contributed by atoms with E-state index in [1.54, 1.807) is 12.1 Å². The predicted octanol–water partition coefficient (Wildman–Crippen LogP) is 4.54. The van der Waals surface area contributed by atoms with Crippen molar-refractivity contribution in [2.24, 2.45) is 0 Å². The lowest BCUT2D eigenvalue weighted by molar-refractivity contribution is -0.118. The zero-order valence-corrected chi connectivity index (χ0v) is 16.3. The third-order valence-corrected chi connectivity index (χ3v) is 4.85. The zero-order chi connectivity index (χ0) is 19.6. The Bertz CT molecular complexity index is 744. The zero-order valence-electron chi connectivity index (χ0n) is 14.7. The summed E-state index contributed by atoms with van der Waals surface area (Å²) in [5, 5.41) is 3.55. The summed E-state index contributed by atoms with van der Waals surface area (Å²) in [7, 11) is 1.39. The number of carbonyl (C=O) groups is 1. The predicted molar refractivity (Wildman–Crippen MR) is 104 cm³/mol. The van der Waals surface area contributed by atoms with Crippen LogP contribution in [0.3, 0.4) is 0 Å². The van der Waals surface area contributed by atoms with E-state index in [4.69, 9.17) is 16.3 Å². The average molecular weight is 416 g/mol. The van der Waals surface area contributed by atoms with E-state index in [1.807, 2.05) is 24.3 Å². The van der Waals surface area contributed by atoms with Gasteiger partial charge in [-0.15, -0.1) is 11.8 Å². The first-order valence-corrected chi connectivity index (χ1v) is 9.72. The van der Waals surface area contributed by atoms with Crippen molar-refractivity contribution in [2.75, 3.05) is 19.4 Å². The maximum absolute atomic E-state index is 12.3. The van der Waals surface area contributed by atoms with Crippen molar-refractivity contribution in [3.63, 3.8) is 0 Å². The summed E-state index contributed by atoms with van der Waals surface area (Å²) in [5.74, 6) is 1.02. The number of nitrogens with one attached hydrogen (secondary N) is 1. The number of hydrogen-bond acceptors (Lipinski definition) is 4. The second-order valence-electron chi connectivity index (χ2n) is 5.58. The Kier molecular flexibility index (Phi) is 8.67. The van der Waals surface area contributed by atoms with Crippen LogP contribution < -0.4 is 14.8 Å². The lowest BCUT2D eigenvalue weighted by Crippen LogP contribution is -2.27. The van der Waals surface area contributed by atoms with Gasteiger partial charge >= 0.3 is 6.61 Å². The van der Waals surface area contributed by atoms with Crippen LogP contribution in [0.5, 0.6) is 11.5 Å². The third kappa shape index (κ3) is 7.64. The molecule has 4 nitrogen and oxygen atoms in total. The van der Waals surface area contributed by atoms with E-state index in [0.29, 0.717) is 23.1 Å². The highest BCUT2D eigenvalue weighted by Crippen LogP contribution is 2.30. The maximum atomic E-state index is 12.3. The standard InChI is InChI=1S/C19H20ClF2NO3S/c1-25-17-10-14(4-7-16(17)26-19(21)22)11-27-12-18(24)23-9-8-13-2-5-15(20)6-3-13/h2-7,10,19H,8-9,11-12H2,1H3,(H,23,24). The molecule has 0 heterocycles. The summed E-state index contributed by atoms with van der Waals surface area (Å²) in [6.07, 6.45) is 0.733. The summed E-state index contributed by atoms with van der Waals surface area (Å²) in [6, 6.07) is 12.2. The number of benzene rings is 2. The van der Waals surface area contributed by atoms with Crippen molar-refractivity contribution in [1.82, 2.24) is 5.32 Å². The molecule has 0 fully saturated rings. The van der Waals surface area contributed by atoms with E-state index < -0.39 is 6.61 Å². The molecule has 146 valence electrons. The quantitative estimate of drug-likeness (QED) is 0.618. The van der Waals surface area contributed by atoms with Crippen molar-refractivity contribution in [3.8, 4) is 11.5 Å². The monoisotopic (exact) mass is 415 g/mol. The molecule has 1 amide bonds. The highest BCUT2D eigenvalue weighted by molar-refractivity contribution is 7.99. The largest absolute Gasteiger partial charge is 0.493 e. The molecule has 0 aliphatic carbocycles. The van der Waals surface area contributed by atoms with Crippen LogP contribution in [0, 0.1) is 0 Å². The first kappa shape index (κ1) is 21.3. The normalized spacial score (nSPS) is 10.7. The molecular weight excluding hydrogens is 396 g/mol. The molecule has 2 aromatic carbocycles.